The fourth-order valence-electron chi connectivity index (χ4n) is 1.45. The Kier molecular flexibility index (Phi) is 3.16. The highest BCUT2D eigenvalue weighted by Crippen LogP contribution is 2.09. The Balaban J connectivity index is 2.28. The summed E-state index contributed by atoms with van der Waals surface area (Å²) in [4.78, 5) is 2.32. The molecule has 1 fully saturated rings. The first kappa shape index (κ1) is 8.02. The second kappa shape index (κ2) is 3.94. The standard InChI is InChI=1S/C8H17N2/c1-10(2)8-4-3-6-9-7-5-8/h8H,3-7H2,1-2H3. The third kappa shape index (κ3) is 2.27. The Morgan fingerprint density at radius 1 is 1.20 bits per heavy atom. The zero-order valence-corrected chi connectivity index (χ0v) is 7.01. The number of hydrogen-bond donors (Lipinski definition) is 0. The lowest BCUT2D eigenvalue weighted by molar-refractivity contribution is 0.272. The summed E-state index contributed by atoms with van der Waals surface area (Å²) in [7, 11) is 4.33. The molecule has 0 bridgehead atoms. The lowest BCUT2D eigenvalue weighted by Gasteiger charge is -2.21. The van der Waals surface area contributed by atoms with Gasteiger partial charge in [0.15, 0.2) is 0 Å². The zero-order chi connectivity index (χ0) is 7.40. The molecule has 1 radical (unpaired) electrons. The van der Waals surface area contributed by atoms with Crippen molar-refractivity contribution in [2.45, 2.75) is 25.3 Å². The number of rotatable bonds is 1. The van der Waals surface area contributed by atoms with Crippen LogP contribution in [0.4, 0.5) is 0 Å². The minimum atomic E-state index is 0.784. The van der Waals surface area contributed by atoms with Crippen LogP contribution >= 0.6 is 0 Å². The summed E-state index contributed by atoms with van der Waals surface area (Å²) in [5.74, 6) is 0. The molecule has 0 aromatic carbocycles. The fourth-order valence-corrected chi connectivity index (χ4v) is 1.45. The van der Waals surface area contributed by atoms with Crippen molar-refractivity contribution in [3.8, 4) is 0 Å². The van der Waals surface area contributed by atoms with Crippen LogP contribution in [0.25, 0.3) is 0 Å². The van der Waals surface area contributed by atoms with Gasteiger partial charge in [0.05, 0.1) is 0 Å². The van der Waals surface area contributed by atoms with E-state index in [1.54, 1.807) is 0 Å². The van der Waals surface area contributed by atoms with Crippen LogP contribution < -0.4 is 5.32 Å². The lowest BCUT2D eigenvalue weighted by Crippen LogP contribution is -2.28. The van der Waals surface area contributed by atoms with Crippen molar-refractivity contribution < 1.29 is 0 Å². The Morgan fingerprint density at radius 2 is 2.00 bits per heavy atom. The van der Waals surface area contributed by atoms with Crippen molar-refractivity contribution >= 4 is 0 Å². The highest BCUT2D eigenvalue weighted by molar-refractivity contribution is 4.71. The molecule has 0 N–H and O–H groups in total. The van der Waals surface area contributed by atoms with E-state index in [-0.39, 0.29) is 0 Å². The van der Waals surface area contributed by atoms with E-state index in [0.717, 1.165) is 19.1 Å². The molecule has 1 heterocycles. The fraction of sp³-hybridized carbons (Fsp3) is 1.00. The normalized spacial score (nSPS) is 28.5. The third-order valence-corrected chi connectivity index (χ3v) is 2.20. The molecule has 0 amide bonds. The first-order valence-electron chi connectivity index (χ1n) is 4.10. The van der Waals surface area contributed by atoms with E-state index in [1.807, 2.05) is 0 Å². The summed E-state index contributed by atoms with van der Waals surface area (Å²) in [5.41, 5.74) is 0. The average Bonchev–Trinajstić information content (AvgIpc) is 2.12. The summed E-state index contributed by atoms with van der Waals surface area (Å²) >= 11 is 0. The third-order valence-electron chi connectivity index (χ3n) is 2.20. The van der Waals surface area contributed by atoms with Crippen LogP contribution in [0, 0.1) is 0 Å². The van der Waals surface area contributed by atoms with Crippen molar-refractivity contribution in [3.05, 3.63) is 0 Å². The van der Waals surface area contributed by atoms with Crippen LogP contribution in [-0.2, 0) is 0 Å². The molecule has 2 heteroatoms. The Bertz CT molecular complexity index is 83.3. The van der Waals surface area contributed by atoms with Gasteiger partial charge in [0.1, 0.15) is 0 Å². The van der Waals surface area contributed by atoms with Gasteiger partial charge in [-0.15, -0.1) is 0 Å². The van der Waals surface area contributed by atoms with E-state index in [1.165, 1.54) is 19.3 Å². The molecule has 0 aromatic rings. The molecule has 0 spiro atoms. The summed E-state index contributed by atoms with van der Waals surface area (Å²) in [6, 6.07) is 0.784. The summed E-state index contributed by atoms with van der Waals surface area (Å²) in [5, 5.41) is 4.38. The Hall–Kier alpha value is -0.0800. The van der Waals surface area contributed by atoms with E-state index in [9.17, 15) is 0 Å². The number of hydrogen-bond acceptors (Lipinski definition) is 1. The molecule has 2 nitrogen and oxygen atoms in total. The first-order chi connectivity index (χ1) is 4.80. The van der Waals surface area contributed by atoms with Gasteiger partial charge in [-0.1, -0.05) is 0 Å². The minimum Gasteiger partial charge on any atom is -0.306 e. The van der Waals surface area contributed by atoms with E-state index < -0.39 is 0 Å². The maximum atomic E-state index is 4.38. The molecular formula is C8H17N2. The molecule has 1 aliphatic rings. The molecular weight excluding hydrogens is 124 g/mol. The largest absolute Gasteiger partial charge is 0.306 e. The predicted octanol–water partition coefficient (Wildman–Crippen LogP) is 0.705. The first-order valence-corrected chi connectivity index (χ1v) is 4.10. The van der Waals surface area contributed by atoms with Crippen LogP contribution in [0.3, 0.4) is 0 Å². The molecule has 1 aliphatic heterocycles. The Morgan fingerprint density at radius 3 is 2.70 bits per heavy atom. The molecule has 0 aliphatic carbocycles. The van der Waals surface area contributed by atoms with Gasteiger partial charge in [-0.2, -0.15) is 0 Å². The summed E-state index contributed by atoms with van der Waals surface area (Å²) in [6.07, 6.45) is 3.87. The van der Waals surface area contributed by atoms with E-state index >= 15 is 0 Å². The highest BCUT2D eigenvalue weighted by atomic mass is 15.1. The molecule has 59 valence electrons. The van der Waals surface area contributed by atoms with Gasteiger partial charge < -0.3 is 4.90 Å². The van der Waals surface area contributed by atoms with Gasteiger partial charge in [-0.3, -0.25) is 0 Å². The highest BCUT2D eigenvalue weighted by Gasteiger charge is 2.13. The van der Waals surface area contributed by atoms with Crippen molar-refractivity contribution in [2.24, 2.45) is 0 Å². The van der Waals surface area contributed by atoms with Gasteiger partial charge in [0.2, 0.25) is 0 Å². The van der Waals surface area contributed by atoms with Crippen LogP contribution in [0.15, 0.2) is 0 Å². The molecule has 0 aromatic heterocycles. The van der Waals surface area contributed by atoms with E-state index in [0.29, 0.717) is 0 Å². The maximum absolute atomic E-state index is 4.38. The number of nitrogens with zero attached hydrogens (tertiary/aromatic N) is 2. The second-order valence-electron chi connectivity index (χ2n) is 3.22. The van der Waals surface area contributed by atoms with Crippen LogP contribution in [0.1, 0.15) is 19.3 Å². The van der Waals surface area contributed by atoms with Gasteiger partial charge in [-0.05, 0) is 33.4 Å². The van der Waals surface area contributed by atoms with Gasteiger partial charge in [-0.25, -0.2) is 5.32 Å². The van der Waals surface area contributed by atoms with Crippen LogP contribution in [0.5, 0.6) is 0 Å². The summed E-state index contributed by atoms with van der Waals surface area (Å²) < 4.78 is 0. The monoisotopic (exact) mass is 141 g/mol. The molecule has 0 saturated carbocycles. The smallest absolute Gasteiger partial charge is 0.0148 e. The molecule has 1 saturated heterocycles. The van der Waals surface area contributed by atoms with Crippen molar-refractivity contribution in [2.75, 3.05) is 27.2 Å². The summed E-state index contributed by atoms with van der Waals surface area (Å²) in [6.45, 7) is 2.16. The van der Waals surface area contributed by atoms with Crippen LogP contribution in [0.2, 0.25) is 0 Å². The average molecular weight is 141 g/mol. The predicted molar refractivity (Wildman–Crippen MR) is 43.2 cm³/mol. The molecule has 1 rings (SSSR count). The lowest BCUT2D eigenvalue weighted by atomic mass is 10.1. The molecule has 1 atom stereocenters. The minimum absolute atomic E-state index is 0.784. The van der Waals surface area contributed by atoms with Crippen molar-refractivity contribution in [1.82, 2.24) is 10.2 Å². The topological polar surface area (TPSA) is 17.3 Å². The van der Waals surface area contributed by atoms with Gasteiger partial charge in [0, 0.05) is 19.1 Å². The van der Waals surface area contributed by atoms with Gasteiger partial charge in [0.25, 0.3) is 0 Å². The van der Waals surface area contributed by atoms with E-state index in [2.05, 4.69) is 24.3 Å². The van der Waals surface area contributed by atoms with Crippen molar-refractivity contribution in [3.63, 3.8) is 0 Å². The van der Waals surface area contributed by atoms with E-state index in [4.69, 9.17) is 0 Å². The zero-order valence-electron chi connectivity index (χ0n) is 7.01. The maximum Gasteiger partial charge on any atom is 0.0148 e. The quantitative estimate of drug-likeness (QED) is 0.525. The van der Waals surface area contributed by atoms with Gasteiger partial charge >= 0.3 is 0 Å². The van der Waals surface area contributed by atoms with Crippen molar-refractivity contribution in [1.29, 1.82) is 0 Å². The molecule has 1 unspecified atom stereocenters. The Labute approximate surface area is 63.6 Å². The SMILES string of the molecule is CN(C)C1CCC[N]CC1. The van der Waals surface area contributed by atoms with Crippen LogP contribution in [-0.4, -0.2) is 38.1 Å². The molecule has 10 heavy (non-hydrogen) atoms. The second-order valence-corrected chi connectivity index (χ2v) is 3.22.